The summed E-state index contributed by atoms with van der Waals surface area (Å²) in [7, 11) is 0. The van der Waals surface area contributed by atoms with Crippen molar-refractivity contribution in [2.45, 2.75) is 150 Å². The zero-order valence-electron chi connectivity index (χ0n) is 33.2. The third kappa shape index (κ3) is 5.53. The van der Waals surface area contributed by atoms with Crippen LogP contribution in [-0.4, -0.2) is 3.21 Å². The summed E-state index contributed by atoms with van der Waals surface area (Å²) in [6.45, 7) is 20.2. The van der Waals surface area contributed by atoms with Crippen LogP contribution in [0.4, 0.5) is 0 Å². The Labute approximate surface area is 335 Å². The van der Waals surface area contributed by atoms with Gasteiger partial charge in [-0.1, -0.05) is 0 Å². The Balaban J connectivity index is 0.00000193. The van der Waals surface area contributed by atoms with E-state index < -0.39 is 21.3 Å². The Morgan fingerprint density at radius 2 is 1.27 bits per heavy atom. The van der Waals surface area contributed by atoms with Gasteiger partial charge in [0.05, 0.1) is 0 Å². The van der Waals surface area contributed by atoms with Crippen molar-refractivity contribution in [3.8, 4) is 11.1 Å². The first-order chi connectivity index (χ1) is 23.8. The molecule has 4 bridgehead atoms. The molecular weight excluding hydrogens is 751 g/mol. The van der Waals surface area contributed by atoms with Crippen molar-refractivity contribution in [2.75, 3.05) is 0 Å². The minimum atomic E-state index is -2.39. The molecule has 1 unspecified atom stereocenters. The number of hydrogen-bond donors (Lipinski definition) is 0. The van der Waals surface area contributed by atoms with Gasteiger partial charge in [-0.2, -0.15) is 0 Å². The summed E-state index contributed by atoms with van der Waals surface area (Å²) in [5.41, 5.74) is 20.0. The number of rotatable bonds is 4. The second-order valence-electron chi connectivity index (χ2n) is 20.1. The summed E-state index contributed by atoms with van der Waals surface area (Å²) in [4.78, 5) is 0. The molecule has 0 aromatic heterocycles. The first kappa shape index (κ1) is 37.6. The summed E-state index contributed by atoms with van der Waals surface area (Å²) >= 11 is -2.39. The Morgan fingerprint density at radius 3 is 1.88 bits per heavy atom. The first-order valence-corrected chi connectivity index (χ1v) is 24.4. The Kier molecular flexibility index (Phi) is 9.33. The van der Waals surface area contributed by atoms with Gasteiger partial charge in [0.1, 0.15) is 0 Å². The van der Waals surface area contributed by atoms with Crippen molar-refractivity contribution in [3.63, 3.8) is 0 Å². The molecule has 0 heterocycles. The molecule has 0 saturated heterocycles. The first-order valence-electron chi connectivity index (χ1n) is 20.7. The van der Waals surface area contributed by atoms with Gasteiger partial charge in [-0.15, -0.1) is 0 Å². The fourth-order valence-electron chi connectivity index (χ4n) is 14.2. The normalized spacial score (nSPS) is 30.9. The third-order valence-electron chi connectivity index (χ3n) is 15.8. The zero-order chi connectivity index (χ0) is 34.5. The molecule has 3 heteroatoms. The fraction of sp³-hybridized carbons (Fsp3) is 0.571. The molecule has 0 amide bonds. The van der Waals surface area contributed by atoms with E-state index in [0.717, 1.165) is 24.2 Å². The van der Waals surface area contributed by atoms with E-state index >= 15 is 0 Å². The second-order valence-corrected chi connectivity index (χ2v) is 26.2. The van der Waals surface area contributed by atoms with Crippen LogP contribution in [0.15, 0.2) is 54.1 Å². The molecule has 0 N–H and O–H groups in total. The molecular formula is C49H60Cl2Zr. The van der Waals surface area contributed by atoms with Gasteiger partial charge in [-0.3, -0.25) is 0 Å². The number of halogens is 2. The maximum Gasteiger partial charge on any atom is -1.00 e. The molecule has 0 spiro atoms. The largest absolute Gasteiger partial charge is 1.00 e. The van der Waals surface area contributed by atoms with Crippen molar-refractivity contribution in [3.05, 3.63) is 87.5 Å². The van der Waals surface area contributed by atoms with E-state index in [4.69, 9.17) is 0 Å². The predicted octanol–water partition coefficient (Wildman–Crippen LogP) is 7.19. The Bertz CT molecular complexity index is 2010. The topological polar surface area (TPSA) is 0 Å². The third-order valence-corrected chi connectivity index (χ3v) is 25.8. The molecule has 2 aromatic rings. The number of benzene rings is 2. The molecule has 9 aliphatic carbocycles. The van der Waals surface area contributed by atoms with E-state index in [9.17, 15) is 0 Å². The van der Waals surface area contributed by atoms with Crippen LogP contribution >= 0.6 is 0 Å². The van der Waals surface area contributed by atoms with Crippen LogP contribution in [-0.2, 0) is 38.5 Å². The quantitative estimate of drug-likeness (QED) is 0.262. The number of allylic oxidation sites excluding steroid dienone is 8. The van der Waals surface area contributed by atoms with Crippen molar-refractivity contribution in [1.29, 1.82) is 0 Å². The molecule has 5 saturated carbocycles. The molecule has 52 heavy (non-hydrogen) atoms. The van der Waals surface area contributed by atoms with Gasteiger partial charge in [-0.25, -0.2) is 0 Å². The van der Waals surface area contributed by atoms with Gasteiger partial charge in [0.15, 0.2) is 0 Å². The minimum absolute atomic E-state index is 0. The van der Waals surface area contributed by atoms with Crippen molar-refractivity contribution in [2.24, 2.45) is 29.1 Å². The van der Waals surface area contributed by atoms with Crippen LogP contribution in [0.1, 0.15) is 166 Å². The van der Waals surface area contributed by atoms with E-state index in [1.54, 1.807) is 58.2 Å². The number of fused-ring (bicyclic) bond motifs is 5. The van der Waals surface area contributed by atoms with Crippen LogP contribution in [0, 0.1) is 29.1 Å². The molecule has 5 fully saturated rings. The van der Waals surface area contributed by atoms with Gasteiger partial charge in [0.25, 0.3) is 0 Å². The van der Waals surface area contributed by atoms with E-state index in [0.29, 0.717) is 11.3 Å². The summed E-state index contributed by atoms with van der Waals surface area (Å²) in [5.74, 6) is 3.75. The maximum absolute atomic E-state index is 2.82. The molecule has 11 rings (SSSR count). The van der Waals surface area contributed by atoms with Gasteiger partial charge in [0, 0.05) is 0 Å². The van der Waals surface area contributed by atoms with Crippen molar-refractivity contribution < 1.29 is 46.1 Å². The molecule has 0 nitrogen and oxygen atoms in total. The van der Waals surface area contributed by atoms with Crippen LogP contribution < -0.4 is 24.8 Å². The summed E-state index contributed by atoms with van der Waals surface area (Å²) in [6.07, 6.45) is 24.2. The van der Waals surface area contributed by atoms with E-state index in [1.165, 1.54) is 85.6 Å². The summed E-state index contributed by atoms with van der Waals surface area (Å²) in [5, 5.41) is 0. The van der Waals surface area contributed by atoms with E-state index in [2.05, 4.69) is 95.0 Å². The van der Waals surface area contributed by atoms with E-state index in [-0.39, 0.29) is 35.6 Å². The van der Waals surface area contributed by atoms with Crippen LogP contribution in [0.2, 0.25) is 0 Å². The molecule has 1 atom stereocenters. The monoisotopic (exact) mass is 808 g/mol. The Hall–Kier alpha value is -1.27. The molecule has 9 aliphatic rings. The predicted molar refractivity (Wildman–Crippen MR) is 210 cm³/mol. The van der Waals surface area contributed by atoms with E-state index in [1.807, 2.05) is 6.56 Å². The SMILES string of the molecule is CC1=CC(C)(C)c2cc3c(cc21)-c1cc2c(cc1C3)C(C)(C)[C]([Zr+2]([C]1=C(C)C(CC34CC5CC(CC(C5)C3)C4)=CC1C)=[C]1CCCCC1)=C2C.[Cl-].[Cl-]. The average molecular weight is 811 g/mol. The summed E-state index contributed by atoms with van der Waals surface area (Å²) < 4.78 is 5.98. The second kappa shape index (κ2) is 12.9. The van der Waals surface area contributed by atoms with Crippen LogP contribution in [0.3, 0.4) is 0 Å². The maximum atomic E-state index is 2.82. The van der Waals surface area contributed by atoms with Gasteiger partial charge < -0.3 is 24.8 Å². The van der Waals surface area contributed by atoms with Gasteiger partial charge >= 0.3 is 313 Å². The average Bonchev–Trinajstić information content (AvgIpc) is 3.68. The van der Waals surface area contributed by atoms with Crippen LogP contribution in [0.5, 0.6) is 0 Å². The smallest absolute Gasteiger partial charge is 1.00 e. The fourth-order valence-corrected chi connectivity index (χ4v) is 24.5. The van der Waals surface area contributed by atoms with Gasteiger partial charge in [0.2, 0.25) is 0 Å². The molecule has 0 aliphatic heterocycles. The standard InChI is InChI=1S/C25H25.C18H25.C6H10.2ClH.Zr/c1-14-12-24(3,4)22-8-16-7-17-9-23-19(15(2)13-25(23,5)6)11-21(17)20(16)10-18(14)22;1-12-3-13(2)17(4-12)11-18-8-14-5-15(9-18)7-16(6-14)10-18;1-2-4-6-5-3-1;;;/h8-12H,7H2,1-6H3;4,12,14-16H,5-11H2,1-2H3;1-5H2;2*1H;/q;;;;;+2/p-2. The zero-order valence-corrected chi connectivity index (χ0v) is 37.2. The molecule has 0 radical (unpaired) electrons. The summed E-state index contributed by atoms with van der Waals surface area (Å²) in [6, 6.07) is 10.5. The van der Waals surface area contributed by atoms with Gasteiger partial charge in [-0.05, 0) is 0 Å². The van der Waals surface area contributed by atoms with Crippen LogP contribution in [0.25, 0.3) is 22.3 Å². The Morgan fingerprint density at radius 1 is 0.692 bits per heavy atom. The van der Waals surface area contributed by atoms with Crippen molar-refractivity contribution >= 4 is 14.4 Å². The van der Waals surface area contributed by atoms with Crippen molar-refractivity contribution in [1.82, 2.24) is 0 Å². The number of hydrogen-bond acceptors (Lipinski definition) is 0. The molecule has 274 valence electrons. The molecule has 2 aromatic carbocycles. The minimum Gasteiger partial charge on any atom is -1.00 e.